The minimum Gasteiger partial charge on any atom is -0.379 e. The fraction of sp³-hybridized carbons (Fsp3) is 0.941. The highest BCUT2D eigenvalue weighted by Gasteiger charge is 2.30. The summed E-state index contributed by atoms with van der Waals surface area (Å²) in [6, 6.07) is 0.680. The summed E-state index contributed by atoms with van der Waals surface area (Å²) in [7, 11) is 0. The molecule has 0 aromatic heterocycles. The molecule has 1 N–H and O–H groups in total. The highest BCUT2D eigenvalue weighted by Crippen LogP contribution is 2.25. The maximum atomic E-state index is 5.48. The zero-order valence-electron chi connectivity index (χ0n) is 14.5. The number of halogens is 1. The summed E-state index contributed by atoms with van der Waals surface area (Å²) in [6.45, 7) is 10.4. The summed E-state index contributed by atoms with van der Waals surface area (Å²) in [5, 5.41) is 3.50. The Labute approximate surface area is 158 Å². The standard InChI is InChI=1S/C17H32N4O.HI/c1-2-18-17(19-13-15-5-3-4-6-15)21-8-7-16(14-21)20-9-11-22-12-10-20;/h15-16H,2-14H2,1H3,(H,18,19);1H. The SMILES string of the molecule is CCNC(=NCC1CCCC1)N1CCC(N2CCOCC2)C1.I. The Morgan fingerprint density at radius 3 is 2.57 bits per heavy atom. The third-order valence-electron chi connectivity index (χ3n) is 5.33. The second kappa shape index (κ2) is 10.0. The maximum absolute atomic E-state index is 5.48. The van der Waals surface area contributed by atoms with E-state index in [1.807, 2.05) is 0 Å². The maximum Gasteiger partial charge on any atom is 0.193 e. The lowest BCUT2D eigenvalue weighted by Crippen LogP contribution is -2.46. The van der Waals surface area contributed by atoms with Gasteiger partial charge in [0.1, 0.15) is 0 Å². The van der Waals surface area contributed by atoms with Crippen LogP contribution in [0.2, 0.25) is 0 Å². The number of morpholine rings is 1. The number of hydrogen-bond donors (Lipinski definition) is 1. The summed E-state index contributed by atoms with van der Waals surface area (Å²) in [5.74, 6) is 1.97. The molecule has 3 rings (SSSR count). The van der Waals surface area contributed by atoms with Crippen molar-refractivity contribution in [2.24, 2.45) is 10.9 Å². The van der Waals surface area contributed by atoms with E-state index in [0.29, 0.717) is 6.04 Å². The Hall–Kier alpha value is -0.0800. The largest absolute Gasteiger partial charge is 0.379 e. The third-order valence-corrected chi connectivity index (χ3v) is 5.33. The molecule has 3 aliphatic rings. The molecule has 0 bridgehead atoms. The lowest BCUT2D eigenvalue weighted by molar-refractivity contribution is 0.0195. The van der Waals surface area contributed by atoms with Gasteiger partial charge in [-0.3, -0.25) is 9.89 Å². The minimum atomic E-state index is 0. The summed E-state index contributed by atoms with van der Waals surface area (Å²) >= 11 is 0. The van der Waals surface area contributed by atoms with Crippen molar-refractivity contribution in [2.45, 2.75) is 45.1 Å². The Morgan fingerprint density at radius 1 is 1.13 bits per heavy atom. The molecule has 2 heterocycles. The number of nitrogens with one attached hydrogen (secondary N) is 1. The first kappa shape index (κ1) is 19.2. The van der Waals surface area contributed by atoms with E-state index in [1.165, 1.54) is 32.1 Å². The topological polar surface area (TPSA) is 40.1 Å². The molecular weight excluding hydrogens is 403 g/mol. The predicted octanol–water partition coefficient (Wildman–Crippen LogP) is 2.17. The number of likely N-dealkylation sites (tertiary alicyclic amines) is 1. The van der Waals surface area contributed by atoms with Gasteiger partial charge in [-0.15, -0.1) is 24.0 Å². The summed E-state index contributed by atoms with van der Waals surface area (Å²) in [6.07, 6.45) is 6.81. The van der Waals surface area contributed by atoms with Gasteiger partial charge in [0, 0.05) is 45.3 Å². The molecule has 6 heteroatoms. The van der Waals surface area contributed by atoms with Crippen LogP contribution in [0.1, 0.15) is 39.0 Å². The van der Waals surface area contributed by atoms with Crippen molar-refractivity contribution in [3.8, 4) is 0 Å². The number of nitrogens with zero attached hydrogens (tertiary/aromatic N) is 3. The molecule has 134 valence electrons. The zero-order chi connectivity index (χ0) is 15.2. The van der Waals surface area contributed by atoms with E-state index in [4.69, 9.17) is 9.73 Å². The highest BCUT2D eigenvalue weighted by atomic mass is 127. The molecule has 1 saturated carbocycles. The van der Waals surface area contributed by atoms with Crippen molar-refractivity contribution in [3.63, 3.8) is 0 Å². The second-order valence-corrected chi connectivity index (χ2v) is 6.88. The normalized spacial score (nSPS) is 27.3. The van der Waals surface area contributed by atoms with Crippen LogP contribution in [-0.4, -0.2) is 74.3 Å². The Kier molecular flexibility index (Phi) is 8.40. The van der Waals surface area contributed by atoms with Gasteiger partial charge in [-0.1, -0.05) is 12.8 Å². The van der Waals surface area contributed by atoms with Crippen LogP contribution < -0.4 is 5.32 Å². The average molecular weight is 436 g/mol. The molecular formula is C17H33IN4O. The molecule has 0 spiro atoms. The first-order chi connectivity index (χ1) is 10.9. The van der Waals surface area contributed by atoms with Crippen LogP contribution in [0.15, 0.2) is 4.99 Å². The van der Waals surface area contributed by atoms with Crippen LogP contribution >= 0.6 is 24.0 Å². The molecule has 1 unspecified atom stereocenters. The van der Waals surface area contributed by atoms with Gasteiger partial charge in [0.15, 0.2) is 5.96 Å². The monoisotopic (exact) mass is 436 g/mol. The molecule has 5 nitrogen and oxygen atoms in total. The van der Waals surface area contributed by atoms with Crippen LogP contribution in [0, 0.1) is 5.92 Å². The van der Waals surface area contributed by atoms with Crippen molar-refractivity contribution in [2.75, 3.05) is 52.5 Å². The van der Waals surface area contributed by atoms with Gasteiger partial charge in [0.2, 0.25) is 0 Å². The van der Waals surface area contributed by atoms with Gasteiger partial charge in [-0.05, 0) is 32.1 Å². The van der Waals surface area contributed by atoms with E-state index < -0.39 is 0 Å². The first-order valence-corrected chi connectivity index (χ1v) is 9.22. The molecule has 0 radical (unpaired) electrons. The predicted molar refractivity (Wildman–Crippen MR) is 106 cm³/mol. The van der Waals surface area contributed by atoms with Gasteiger partial charge >= 0.3 is 0 Å². The van der Waals surface area contributed by atoms with Crippen LogP contribution in [0.25, 0.3) is 0 Å². The zero-order valence-corrected chi connectivity index (χ0v) is 16.8. The first-order valence-electron chi connectivity index (χ1n) is 9.22. The molecule has 1 atom stereocenters. The number of hydrogen-bond acceptors (Lipinski definition) is 3. The number of guanidine groups is 1. The van der Waals surface area contributed by atoms with Gasteiger partial charge in [-0.25, -0.2) is 0 Å². The third kappa shape index (κ3) is 5.46. The van der Waals surface area contributed by atoms with Crippen LogP contribution in [0.3, 0.4) is 0 Å². The van der Waals surface area contributed by atoms with Crippen molar-refractivity contribution in [3.05, 3.63) is 0 Å². The van der Waals surface area contributed by atoms with Gasteiger partial charge < -0.3 is 15.0 Å². The fourth-order valence-corrected chi connectivity index (χ4v) is 4.01. The van der Waals surface area contributed by atoms with Crippen molar-refractivity contribution < 1.29 is 4.74 Å². The van der Waals surface area contributed by atoms with Crippen LogP contribution in [-0.2, 0) is 4.74 Å². The molecule has 3 fully saturated rings. The Balaban J connectivity index is 0.00000192. The molecule has 1 aliphatic carbocycles. The Bertz CT molecular complexity index is 368. The fourth-order valence-electron chi connectivity index (χ4n) is 4.01. The molecule has 0 amide bonds. The number of aliphatic imine (C=N–C) groups is 1. The van der Waals surface area contributed by atoms with E-state index in [-0.39, 0.29) is 24.0 Å². The minimum absolute atomic E-state index is 0. The molecule has 2 saturated heterocycles. The lowest BCUT2D eigenvalue weighted by Gasteiger charge is -2.32. The lowest BCUT2D eigenvalue weighted by atomic mass is 10.1. The smallest absolute Gasteiger partial charge is 0.193 e. The van der Waals surface area contributed by atoms with E-state index in [2.05, 4.69) is 22.0 Å². The highest BCUT2D eigenvalue weighted by molar-refractivity contribution is 14.0. The quantitative estimate of drug-likeness (QED) is 0.417. The van der Waals surface area contributed by atoms with E-state index >= 15 is 0 Å². The van der Waals surface area contributed by atoms with Crippen molar-refractivity contribution >= 4 is 29.9 Å². The molecule has 23 heavy (non-hydrogen) atoms. The van der Waals surface area contributed by atoms with E-state index in [0.717, 1.165) is 64.4 Å². The second-order valence-electron chi connectivity index (χ2n) is 6.88. The molecule has 0 aromatic rings. The summed E-state index contributed by atoms with van der Waals surface area (Å²) in [5.41, 5.74) is 0. The van der Waals surface area contributed by atoms with Crippen molar-refractivity contribution in [1.29, 1.82) is 0 Å². The molecule has 2 aliphatic heterocycles. The van der Waals surface area contributed by atoms with Gasteiger partial charge in [0.05, 0.1) is 13.2 Å². The van der Waals surface area contributed by atoms with Gasteiger partial charge in [0.25, 0.3) is 0 Å². The van der Waals surface area contributed by atoms with Crippen LogP contribution in [0.4, 0.5) is 0 Å². The number of rotatable bonds is 4. The van der Waals surface area contributed by atoms with Crippen LogP contribution in [0.5, 0.6) is 0 Å². The Morgan fingerprint density at radius 2 is 1.87 bits per heavy atom. The average Bonchev–Trinajstić information content (AvgIpc) is 3.24. The molecule has 0 aromatic carbocycles. The van der Waals surface area contributed by atoms with E-state index in [1.54, 1.807) is 0 Å². The summed E-state index contributed by atoms with van der Waals surface area (Å²) in [4.78, 5) is 10.0. The van der Waals surface area contributed by atoms with Crippen molar-refractivity contribution in [1.82, 2.24) is 15.1 Å². The number of ether oxygens (including phenoxy) is 1. The summed E-state index contributed by atoms with van der Waals surface area (Å²) < 4.78 is 5.48. The van der Waals surface area contributed by atoms with Gasteiger partial charge in [-0.2, -0.15) is 0 Å². The van der Waals surface area contributed by atoms with E-state index in [9.17, 15) is 0 Å².